The maximum Gasteiger partial charge on any atom is 0.0691 e. The number of halogens is 3. The van der Waals surface area contributed by atoms with Gasteiger partial charge in [0.05, 0.1) is 6.04 Å². The molecule has 0 amide bonds. The van der Waals surface area contributed by atoms with Crippen molar-refractivity contribution in [3.63, 3.8) is 0 Å². The lowest BCUT2D eigenvalue weighted by Gasteiger charge is -2.18. The summed E-state index contributed by atoms with van der Waals surface area (Å²) in [6.45, 7) is 2.11. The zero-order chi connectivity index (χ0) is 13.3. The molecule has 2 aromatic rings. The average Bonchev–Trinajstić information content (AvgIpc) is 2.64. The van der Waals surface area contributed by atoms with Gasteiger partial charge in [0.1, 0.15) is 0 Å². The fraction of sp³-hybridized carbons (Fsp3) is 0.231. The predicted octanol–water partition coefficient (Wildman–Crippen LogP) is 5.54. The van der Waals surface area contributed by atoms with Gasteiger partial charge in [0.2, 0.25) is 0 Å². The molecule has 96 valence electrons. The average molecular weight is 410 g/mol. The molecular formula is C13H12Br2ClNS. The van der Waals surface area contributed by atoms with Crippen molar-refractivity contribution in [3.05, 3.63) is 53.6 Å². The molecule has 0 saturated heterocycles. The van der Waals surface area contributed by atoms with Crippen LogP contribution >= 0.6 is 54.8 Å². The highest BCUT2D eigenvalue weighted by Gasteiger charge is 2.20. The lowest BCUT2D eigenvalue weighted by molar-refractivity contribution is 0.698. The van der Waals surface area contributed by atoms with Gasteiger partial charge in [0.15, 0.2) is 0 Å². The molecule has 0 aliphatic heterocycles. The first kappa shape index (κ1) is 14.5. The third-order valence-electron chi connectivity index (χ3n) is 2.66. The van der Waals surface area contributed by atoms with E-state index in [1.54, 1.807) is 11.3 Å². The smallest absolute Gasteiger partial charge is 0.0691 e. The topological polar surface area (TPSA) is 12.0 Å². The normalized spacial score (nSPS) is 12.7. The molecule has 1 heterocycles. The number of hydrogen-bond acceptors (Lipinski definition) is 2. The first-order valence-corrected chi connectivity index (χ1v) is 8.19. The van der Waals surface area contributed by atoms with Crippen LogP contribution in [0.5, 0.6) is 0 Å². The standard InChI is InChI=1S/C13H12Br2ClNS/c1-7-5-11(15)13(18-7)12(17-2)9-6-8(16)3-4-10(9)14/h3-6,12,17H,1-2H3. The van der Waals surface area contributed by atoms with Gasteiger partial charge in [-0.3, -0.25) is 0 Å². The lowest BCUT2D eigenvalue weighted by Crippen LogP contribution is -2.17. The Morgan fingerprint density at radius 3 is 2.50 bits per heavy atom. The van der Waals surface area contributed by atoms with E-state index in [-0.39, 0.29) is 6.04 Å². The van der Waals surface area contributed by atoms with E-state index < -0.39 is 0 Å². The number of hydrogen-bond donors (Lipinski definition) is 1. The Bertz CT molecular complexity index is 568. The van der Waals surface area contributed by atoms with Crippen LogP contribution in [0.3, 0.4) is 0 Å². The van der Waals surface area contributed by atoms with E-state index in [1.165, 1.54) is 9.75 Å². The van der Waals surface area contributed by atoms with Gasteiger partial charge in [0.25, 0.3) is 0 Å². The van der Waals surface area contributed by atoms with E-state index in [1.807, 2.05) is 25.2 Å². The Labute approximate surface area is 133 Å². The van der Waals surface area contributed by atoms with Crippen molar-refractivity contribution in [2.45, 2.75) is 13.0 Å². The fourth-order valence-corrected chi connectivity index (χ4v) is 4.53. The predicted molar refractivity (Wildman–Crippen MR) is 86.8 cm³/mol. The van der Waals surface area contributed by atoms with Gasteiger partial charge in [-0.1, -0.05) is 27.5 Å². The minimum Gasteiger partial charge on any atom is -0.309 e. The molecule has 0 aliphatic rings. The summed E-state index contributed by atoms with van der Waals surface area (Å²) in [6, 6.07) is 8.13. The first-order chi connectivity index (χ1) is 8.52. The van der Waals surface area contributed by atoms with Crippen molar-refractivity contribution in [2.24, 2.45) is 0 Å². The highest BCUT2D eigenvalue weighted by atomic mass is 79.9. The summed E-state index contributed by atoms with van der Waals surface area (Å²) in [5.41, 5.74) is 1.15. The second-order valence-electron chi connectivity index (χ2n) is 3.96. The molecular weight excluding hydrogens is 397 g/mol. The van der Waals surface area contributed by atoms with Crippen molar-refractivity contribution in [1.82, 2.24) is 5.32 Å². The second-order valence-corrected chi connectivity index (χ2v) is 7.39. The van der Waals surface area contributed by atoms with E-state index in [0.29, 0.717) is 0 Å². The van der Waals surface area contributed by atoms with Crippen molar-refractivity contribution in [2.75, 3.05) is 7.05 Å². The molecule has 0 radical (unpaired) electrons. The maximum atomic E-state index is 6.09. The van der Waals surface area contributed by atoms with Crippen LogP contribution in [0.1, 0.15) is 21.4 Å². The first-order valence-electron chi connectivity index (χ1n) is 5.41. The molecule has 2 rings (SSSR count). The molecule has 0 bridgehead atoms. The van der Waals surface area contributed by atoms with Crippen molar-refractivity contribution >= 4 is 54.8 Å². The molecule has 1 aromatic heterocycles. The van der Waals surface area contributed by atoms with E-state index in [2.05, 4.69) is 50.2 Å². The van der Waals surface area contributed by atoms with Crippen LogP contribution in [0.2, 0.25) is 5.02 Å². The summed E-state index contributed by atoms with van der Waals surface area (Å²) in [7, 11) is 1.96. The number of rotatable bonds is 3. The third kappa shape index (κ3) is 2.99. The molecule has 0 saturated carbocycles. The quantitative estimate of drug-likeness (QED) is 0.701. The molecule has 18 heavy (non-hydrogen) atoms. The van der Waals surface area contributed by atoms with E-state index in [4.69, 9.17) is 11.6 Å². The van der Waals surface area contributed by atoms with Crippen LogP contribution in [0.25, 0.3) is 0 Å². The van der Waals surface area contributed by atoms with Crippen LogP contribution in [0, 0.1) is 6.92 Å². The molecule has 1 atom stereocenters. The number of benzene rings is 1. The lowest BCUT2D eigenvalue weighted by atomic mass is 10.1. The molecule has 5 heteroatoms. The molecule has 0 spiro atoms. The van der Waals surface area contributed by atoms with Crippen molar-refractivity contribution in [3.8, 4) is 0 Å². The van der Waals surface area contributed by atoms with Gasteiger partial charge in [0, 0.05) is 23.7 Å². The summed E-state index contributed by atoms with van der Waals surface area (Å²) in [5.74, 6) is 0. The Hall–Kier alpha value is 0.130. The summed E-state index contributed by atoms with van der Waals surface area (Å²) in [6.07, 6.45) is 0. The maximum absolute atomic E-state index is 6.09. The Balaban J connectivity index is 2.51. The van der Waals surface area contributed by atoms with Gasteiger partial charge < -0.3 is 5.32 Å². The summed E-state index contributed by atoms with van der Waals surface area (Å²) >= 11 is 15.1. The van der Waals surface area contributed by atoms with Crippen molar-refractivity contribution < 1.29 is 0 Å². The molecule has 1 unspecified atom stereocenters. The zero-order valence-corrected chi connectivity index (χ0v) is 14.7. The largest absolute Gasteiger partial charge is 0.309 e. The van der Waals surface area contributed by atoms with Gasteiger partial charge in [-0.15, -0.1) is 11.3 Å². The highest BCUT2D eigenvalue weighted by Crippen LogP contribution is 2.38. The van der Waals surface area contributed by atoms with Crippen LogP contribution in [0.4, 0.5) is 0 Å². The van der Waals surface area contributed by atoms with Crippen LogP contribution in [-0.2, 0) is 0 Å². The summed E-state index contributed by atoms with van der Waals surface area (Å²) < 4.78 is 2.19. The molecule has 0 aliphatic carbocycles. The summed E-state index contributed by atoms with van der Waals surface area (Å²) in [5, 5.41) is 4.10. The zero-order valence-electron chi connectivity index (χ0n) is 9.93. The van der Waals surface area contributed by atoms with Gasteiger partial charge in [-0.2, -0.15) is 0 Å². The minimum atomic E-state index is 0.131. The van der Waals surface area contributed by atoms with Gasteiger partial charge in [-0.25, -0.2) is 0 Å². The number of thiophene rings is 1. The van der Waals surface area contributed by atoms with Crippen LogP contribution in [-0.4, -0.2) is 7.05 Å². The van der Waals surface area contributed by atoms with Crippen LogP contribution < -0.4 is 5.32 Å². The second kappa shape index (κ2) is 6.06. The Morgan fingerprint density at radius 2 is 1.94 bits per heavy atom. The van der Waals surface area contributed by atoms with Crippen LogP contribution in [0.15, 0.2) is 33.2 Å². The molecule has 1 aromatic carbocycles. The highest BCUT2D eigenvalue weighted by molar-refractivity contribution is 9.10. The number of nitrogens with one attached hydrogen (secondary N) is 1. The fourth-order valence-electron chi connectivity index (χ4n) is 1.86. The van der Waals surface area contributed by atoms with Gasteiger partial charge in [-0.05, 0) is 59.7 Å². The monoisotopic (exact) mass is 407 g/mol. The Kier molecular flexibility index (Phi) is 4.89. The molecule has 1 nitrogen and oxygen atoms in total. The summed E-state index contributed by atoms with van der Waals surface area (Å²) in [4.78, 5) is 2.55. The van der Waals surface area contributed by atoms with E-state index in [0.717, 1.165) is 19.5 Å². The Morgan fingerprint density at radius 1 is 1.22 bits per heavy atom. The van der Waals surface area contributed by atoms with E-state index >= 15 is 0 Å². The molecule has 1 N–H and O–H groups in total. The SMILES string of the molecule is CNC(c1cc(Cl)ccc1Br)c1sc(C)cc1Br. The van der Waals surface area contributed by atoms with Crippen molar-refractivity contribution in [1.29, 1.82) is 0 Å². The number of aryl methyl sites for hydroxylation is 1. The minimum absolute atomic E-state index is 0.131. The third-order valence-corrected chi connectivity index (χ3v) is 5.65. The molecule has 0 fully saturated rings. The van der Waals surface area contributed by atoms with Gasteiger partial charge >= 0.3 is 0 Å². The van der Waals surface area contributed by atoms with E-state index in [9.17, 15) is 0 Å².